The lowest BCUT2D eigenvalue weighted by atomic mass is 9.96. The van der Waals surface area contributed by atoms with Crippen LogP contribution in [0.5, 0.6) is 0 Å². The largest absolute Gasteiger partial charge is 0.352 e. The number of fused-ring (bicyclic) bond motifs is 1. The fraction of sp³-hybridized carbons (Fsp3) is 0.348. The highest BCUT2D eigenvalue weighted by molar-refractivity contribution is 6.21. The Morgan fingerprint density at radius 3 is 2.47 bits per heavy atom. The van der Waals surface area contributed by atoms with Gasteiger partial charge in [-0.3, -0.25) is 19.3 Å². The SMILES string of the molecule is Cl.O=C(NCCC1CCCNC1)c1cccc(CN2C(=O)c3ccccc3C2=O)c1. The summed E-state index contributed by atoms with van der Waals surface area (Å²) in [5, 5.41) is 6.37. The molecule has 1 fully saturated rings. The predicted molar refractivity (Wildman–Crippen MR) is 117 cm³/mol. The molecule has 0 spiro atoms. The number of amides is 3. The Kier molecular flexibility index (Phi) is 7.24. The Labute approximate surface area is 182 Å². The van der Waals surface area contributed by atoms with Gasteiger partial charge >= 0.3 is 0 Å². The molecule has 7 heteroatoms. The zero-order chi connectivity index (χ0) is 20.2. The van der Waals surface area contributed by atoms with Gasteiger partial charge in [0.05, 0.1) is 17.7 Å². The third-order valence-electron chi connectivity index (χ3n) is 5.65. The molecule has 4 rings (SSSR count). The highest BCUT2D eigenvalue weighted by Gasteiger charge is 2.34. The number of nitrogens with one attached hydrogen (secondary N) is 2. The minimum Gasteiger partial charge on any atom is -0.352 e. The zero-order valence-electron chi connectivity index (χ0n) is 16.7. The number of carbonyl (C=O) groups excluding carboxylic acids is 3. The molecule has 2 aromatic rings. The molecule has 0 saturated carbocycles. The standard InChI is InChI=1S/C23H25N3O3.ClH/c27-21(25-12-10-16-6-4-11-24-14-16)18-7-3-5-17(13-18)15-26-22(28)19-8-1-2-9-20(19)23(26)29;/h1-3,5,7-9,13,16,24H,4,6,10-12,14-15H2,(H,25,27);1H. The van der Waals surface area contributed by atoms with Crippen LogP contribution < -0.4 is 10.6 Å². The van der Waals surface area contributed by atoms with E-state index in [0.717, 1.165) is 25.1 Å². The molecule has 2 N–H and O–H groups in total. The summed E-state index contributed by atoms with van der Waals surface area (Å²) in [4.78, 5) is 38.8. The molecule has 1 unspecified atom stereocenters. The minimum absolute atomic E-state index is 0. The van der Waals surface area contributed by atoms with E-state index in [-0.39, 0.29) is 36.7 Å². The first kappa shape index (κ1) is 22.0. The van der Waals surface area contributed by atoms with Gasteiger partial charge in [0.2, 0.25) is 0 Å². The molecule has 0 radical (unpaired) electrons. The molecule has 0 bridgehead atoms. The molecular weight excluding hydrogens is 402 g/mol. The molecule has 30 heavy (non-hydrogen) atoms. The summed E-state index contributed by atoms with van der Waals surface area (Å²) < 4.78 is 0. The normalized spacial score (nSPS) is 18.0. The molecule has 3 amide bonds. The van der Waals surface area contributed by atoms with Crippen LogP contribution >= 0.6 is 12.4 Å². The van der Waals surface area contributed by atoms with Crippen molar-refractivity contribution in [1.29, 1.82) is 0 Å². The third-order valence-corrected chi connectivity index (χ3v) is 5.65. The quantitative estimate of drug-likeness (QED) is 0.694. The van der Waals surface area contributed by atoms with Crippen molar-refractivity contribution in [2.75, 3.05) is 19.6 Å². The van der Waals surface area contributed by atoms with Crippen LogP contribution in [-0.2, 0) is 6.54 Å². The van der Waals surface area contributed by atoms with Crippen LogP contribution in [0.4, 0.5) is 0 Å². The number of halogens is 1. The van der Waals surface area contributed by atoms with Crippen molar-refractivity contribution in [1.82, 2.24) is 15.5 Å². The lowest BCUT2D eigenvalue weighted by Gasteiger charge is -2.22. The first-order chi connectivity index (χ1) is 14.1. The fourth-order valence-corrected chi connectivity index (χ4v) is 4.04. The van der Waals surface area contributed by atoms with Gasteiger partial charge in [-0.25, -0.2) is 0 Å². The summed E-state index contributed by atoms with van der Waals surface area (Å²) in [6, 6.07) is 14.0. The maximum absolute atomic E-state index is 12.5. The minimum atomic E-state index is -0.290. The number of nitrogens with zero attached hydrogens (tertiary/aromatic N) is 1. The number of hydrogen-bond acceptors (Lipinski definition) is 4. The lowest BCUT2D eigenvalue weighted by molar-refractivity contribution is 0.0642. The van der Waals surface area contributed by atoms with E-state index in [2.05, 4.69) is 10.6 Å². The molecule has 0 aliphatic carbocycles. The van der Waals surface area contributed by atoms with Gasteiger partial charge in [0.1, 0.15) is 0 Å². The van der Waals surface area contributed by atoms with Crippen LogP contribution in [0.3, 0.4) is 0 Å². The summed E-state index contributed by atoms with van der Waals surface area (Å²) in [5.74, 6) is -0.0923. The zero-order valence-corrected chi connectivity index (χ0v) is 17.5. The third kappa shape index (κ3) is 4.71. The van der Waals surface area contributed by atoms with Gasteiger partial charge in [-0.15, -0.1) is 12.4 Å². The van der Waals surface area contributed by atoms with Crippen molar-refractivity contribution < 1.29 is 14.4 Å². The molecular formula is C23H26ClN3O3. The van der Waals surface area contributed by atoms with E-state index < -0.39 is 0 Å². The predicted octanol–water partition coefficient (Wildman–Crippen LogP) is 3.02. The number of imide groups is 1. The smallest absolute Gasteiger partial charge is 0.261 e. The molecule has 1 saturated heterocycles. The van der Waals surface area contributed by atoms with E-state index >= 15 is 0 Å². The Balaban J connectivity index is 0.00000256. The lowest BCUT2D eigenvalue weighted by Crippen LogP contribution is -2.33. The molecule has 2 aromatic carbocycles. The van der Waals surface area contributed by atoms with Gasteiger partial charge in [0.15, 0.2) is 0 Å². The molecule has 0 aromatic heterocycles. The molecule has 2 aliphatic heterocycles. The van der Waals surface area contributed by atoms with Gasteiger partial charge in [0, 0.05) is 12.1 Å². The Hall–Kier alpha value is -2.70. The summed E-state index contributed by atoms with van der Waals surface area (Å²) in [7, 11) is 0. The van der Waals surface area contributed by atoms with Gasteiger partial charge in [-0.2, -0.15) is 0 Å². The van der Waals surface area contributed by atoms with Crippen LogP contribution in [0.1, 0.15) is 55.9 Å². The second-order valence-corrected chi connectivity index (χ2v) is 7.70. The van der Waals surface area contributed by atoms with E-state index in [4.69, 9.17) is 0 Å². The van der Waals surface area contributed by atoms with Crippen molar-refractivity contribution in [2.24, 2.45) is 5.92 Å². The molecule has 1 atom stereocenters. The van der Waals surface area contributed by atoms with Crippen molar-refractivity contribution in [3.05, 3.63) is 70.8 Å². The van der Waals surface area contributed by atoms with E-state index in [9.17, 15) is 14.4 Å². The van der Waals surface area contributed by atoms with E-state index in [0.29, 0.717) is 29.2 Å². The Morgan fingerprint density at radius 2 is 1.80 bits per heavy atom. The monoisotopic (exact) mass is 427 g/mol. The number of benzene rings is 2. The maximum Gasteiger partial charge on any atom is 0.261 e. The number of piperidine rings is 1. The summed E-state index contributed by atoms with van der Waals surface area (Å²) in [6.45, 7) is 2.91. The number of rotatable bonds is 6. The second-order valence-electron chi connectivity index (χ2n) is 7.70. The van der Waals surface area contributed by atoms with Crippen molar-refractivity contribution in [2.45, 2.75) is 25.8 Å². The highest BCUT2D eigenvalue weighted by atomic mass is 35.5. The summed E-state index contributed by atoms with van der Waals surface area (Å²) >= 11 is 0. The van der Waals surface area contributed by atoms with Gasteiger partial charge in [0.25, 0.3) is 17.7 Å². The van der Waals surface area contributed by atoms with Crippen LogP contribution in [0.2, 0.25) is 0 Å². The van der Waals surface area contributed by atoms with Gasteiger partial charge in [-0.05, 0) is 68.1 Å². The summed E-state index contributed by atoms with van der Waals surface area (Å²) in [6.07, 6.45) is 3.37. The number of hydrogen-bond donors (Lipinski definition) is 2. The molecule has 2 aliphatic rings. The highest BCUT2D eigenvalue weighted by Crippen LogP contribution is 2.24. The van der Waals surface area contributed by atoms with Crippen LogP contribution in [-0.4, -0.2) is 42.3 Å². The van der Waals surface area contributed by atoms with Gasteiger partial charge in [-0.1, -0.05) is 24.3 Å². The van der Waals surface area contributed by atoms with E-state index in [1.807, 2.05) is 6.07 Å². The van der Waals surface area contributed by atoms with Crippen LogP contribution in [0.25, 0.3) is 0 Å². The van der Waals surface area contributed by atoms with Gasteiger partial charge < -0.3 is 10.6 Å². The summed E-state index contributed by atoms with van der Waals surface area (Å²) in [5.41, 5.74) is 2.16. The first-order valence-corrected chi connectivity index (χ1v) is 10.2. The van der Waals surface area contributed by atoms with E-state index in [1.54, 1.807) is 42.5 Å². The van der Waals surface area contributed by atoms with Crippen molar-refractivity contribution in [3.63, 3.8) is 0 Å². The second kappa shape index (κ2) is 9.87. The molecule has 158 valence electrons. The Morgan fingerprint density at radius 1 is 1.07 bits per heavy atom. The molecule has 6 nitrogen and oxygen atoms in total. The number of carbonyl (C=O) groups is 3. The van der Waals surface area contributed by atoms with E-state index in [1.165, 1.54) is 17.7 Å². The maximum atomic E-state index is 12.5. The topological polar surface area (TPSA) is 78.5 Å². The molecule has 2 heterocycles. The fourth-order valence-electron chi connectivity index (χ4n) is 4.04. The first-order valence-electron chi connectivity index (χ1n) is 10.2. The van der Waals surface area contributed by atoms with Crippen molar-refractivity contribution in [3.8, 4) is 0 Å². The van der Waals surface area contributed by atoms with Crippen molar-refractivity contribution >= 4 is 30.1 Å². The average Bonchev–Trinajstić information content (AvgIpc) is 3.00. The average molecular weight is 428 g/mol. The van der Waals surface area contributed by atoms with Crippen LogP contribution in [0.15, 0.2) is 48.5 Å². The van der Waals surface area contributed by atoms with Crippen LogP contribution in [0, 0.1) is 5.92 Å². The Bertz CT molecular complexity index is 906.